The fourth-order valence-corrected chi connectivity index (χ4v) is 7.79. The van der Waals surface area contributed by atoms with Crippen molar-refractivity contribution in [2.45, 2.75) is 19.3 Å². The van der Waals surface area contributed by atoms with E-state index in [1.165, 1.54) is 27.8 Å². The van der Waals surface area contributed by atoms with E-state index in [1.54, 1.807) is 0 Å². The average Bonchev–Trinajstić information content (AvgIpc) is 3.77. The first kappa shape index (κ1) is 27.8. The Bertz CT molecular complexity index is 2680. The van der Waals surface area contributed by atoms with Crippen molar-refractivity contribution < 1.29 is 4.42 Å². The summed E-state index contributed by atoms with van der Waals surface area (Å²) in [5, 5.41) is 2.19. The monoisotopic (exact) mass is 630 g/mol. The number of para-hydroxylation sites is 1. The van der Waals surface area contributed by atoms with Gasteiger partial charge in [-0.15, -0.1) is 0 Å². The quantitative estimate of drug-likeness (QED) is 0.194. The Labute approximate surface area is 283 Å². The lowest BCUT2D eigenvalue weighted by atomic mass is 9.81. The molecule has 0 bridgehead atoms. The summed E-state index contributed by atoms with van der Waals surface area (Å²) in [7, 11) is 0. The number of fused-ring (bicyclic) bond motifs is 9. The third kappa shape index (κ3) is 4.09. The molecule has 0 atom stereocenters. The molecular formula is C44H30N4O. The zero-order chi connectivity index (χ0) is 32.7. The van der Waals surface area contributed by atoms with Gasteiger partial charge in [-0.1, -0.05) is 129 Å². The van der Waals surface area contributed by atoms with Crippen LogP contribution in [-0.4, -0.2) is 19.5 Å². The van der Waals surface area contributed by atoms with Gasteiger partial charge < -0.3 is 8.98 Å². The Morgan fingerprint density at radius 2 is 1.12 bits per heavy atom. The molecule has 0 saturated carbocycles. The summed E-state index contributed by atoms with van der Waals surface area (Å²) in [6.07, 6.45) is 0. The van der Waals surface area contributed by atoms with Gasteiger partial charge in [-0.25, -0.2) is 15.0 Å². The minimum absolute atomic E-state index is 0.213. The summed E-state index contributed by atoms with van der Waals surface area (Å²) in [5.41, 5.74) is 12.8. The SMILES string of the molecule is CC1(C)c2ccccc2-c2ccc3c4oc5ccccc5c4n(-c4cccc(-c5nc(-c6ccccc6)nc(-c6ccccc6)n5)c4)c3c21. The number of hydrogen-bond donors (Lipinski definition) is 0. The van der Waals surface area contributed by atoms with Gasteiger partial charge in [0.15, 0.2) is 23.1 Å². The van der Waals surface area contributed by atoms with Gasteiger partial charge in [0.2, 0.25) is 0 Å². The van der Waals surface area contributed by atoms with Crippen LogP contribution in [0.1, 0.15) is 25.0 Å². The smallest absolute Gasteiger partial charge is 0.164 e. The van der Waals surface area contributed by atoms with Gasteiger partial charge in [0, 0.05) is 38.6 Å². The molecule has 3 aromatic heterocycles. The van der Waals surface area contributed by atoms with Crippen molar-refractivity contribution in [1.82, 2.24) is 19.5 Å². The third-order valence-corrected chi connectivity index (χ3v) is 10.0. The van der Waals surface area contributed by atoms with Crippen molar-refractivity contribution in [2.75, 3.05) is 0 Å². The summed E-state index contributed by atoms with van der Waals surface area (Å²) in [6, 6.07) is 50.4. The summed E-state index contributed by atoms with van der Waals surface area (Å²) in [4.78, 5) is 15.0. The number of benzene rings is 6. The molecule has 10 rings (SSSR count). The Hall–Kier alpha value is -6.33. The Morgan fingerprint density at radius 3 is 1.86 bits per heavy atom. The van der Waals surface area contributed by atoms with E-state index in [4.69, 9.17) is 19.4 Å². The second-order valence-electron chi connectivity index (χ2n) is 13.3. The topological polar surface area (TPSA) is 56.7 Å². The molecule has 0 fully saturated rings. The molecule has 5 nitrogen and oxygen atoms in total. The molecule has 0 saturated heterocycles. The highest BCUT2D eigenvalue weighted by Gasteiger charge is 2.39. The minimum Gasteiger partial charge on any atom is -0.454 e. The maximum Gasteiger partial charge on any atom is 0.164 e. The van der Waals surface area contributed by atoms with E-state index in [0.29, 0.717) is 17.5 Å². The van der Waals surface area contributed by atoms with E-state index in [-0.39, 0.29) is 5.41 Å². The van der Waals surface area contributed by atoms with E-state index in [0.717, 1.165) is 49.8 Å². The highest BCUT2D eigenvalue weighted by atomic mass is 16.3. The molecule has 9 aromatic rings. The lowest BCUT2D eigenvalue weighted by molar-refractivity contribution is 0.663. The van der Waals surface area contributed by atoms with Gasteiger partial charge in [-0.3, -0.25) is 0 Å². The van der Waals surface area contributed by atoms with Gasteiger partial charge >= 0.3 is 0 Å². The van der Waals surface area contributed by atoms with Crippen molar-refractivity contribution in [3.05, 3.63) is 157 Å². The largest absolute Gasteiger partial charge is 0.454 e. The second kappa shape index (κ2) is 10.3. The van der Waals surface area contributed by atoms with E-state index in [1.807, 2.05) is 66.7 Å². The van der Waals surface area contributed by atoms with Gasteiger partial charge in [-0.2, -0.15) is 0 Å². The maximum atomic E-state index is 6.66. The van der Waals surface area contributed by atoms with Gasteiger partial charge in [0.05, 0.1) is 5.52 Å². The molecule has 3 heterocycles. The normalized spacial score (nSPS) is 13.3. The van der Waals surface area contributed by atoms with E-state index >= 15 is 0 Å². The van der Waals surface area contributed by atoms with Crippen LogP contribution in [0.5, 0.6) is 0 Å². The zero-order valence-corrected chi connectivity index (χ0v) is 27.1. The van der Waals surface area contributed by atoms with Crippen LogP contribution in [0.25, 0.3) is 83.9 Å². The van der Waals surface area contributed by atoms with Crippen LogP contribution in [0.3, 0.4) is 0 Å². The second-order valence-corrected chi connectivity index (χ2v) is 13.3. The molecule has 49 heavy (non-hydrogen) atoms. The van der Waals surface area contributed by atoms with Crippen LogP contribution in [0.15, 0.2) is 150 Å². The molecule has 0 spiro atoms. The summed E-state index contributed by atoms with van der Waals surface area (Å²) < 4.78 is 9.07. The van der Waals surface area contributed by atoms with Crippen LogP contribution in [0.4, 0.5) is 0 Å². The summed E-state index contributed by atoms with van der Waals surface area (Å²) >= 11 is 0. The van der Waals surface area contributed by atoms with E-state index in [2.05, 4.69) is 97.3 Å². The van der Waals surface area contributed by atoms with Crippen molar-refractivity contribution in [2.24, 2.45) is 0 Å². The lowest BCUT2D eigenvalue weighted by Crippen LogP contribution is -2.16. The lowest BCUT2D eigenvalue weighted by Gasteiger charge is -2.23. The first-order chi connectivity index (χ1) is 24.1. The molecular weight excluding hydrogens is 601 g/mol. The number of furan rings is 1. The third-order valence-electron chi connectivity index (χ3n) is 10.0. The standard InChI is InChI=1S/C44H30N4O/c1-44(2)35-22-11-9-20-31(35)32-24-25-34-38(37(32)44)48(39-33-21-10-12-23-36(33)49-40(34)39)30-19-13-18-29(26-30)43-46-41(27-14-5-3-6-15-27)45-42(47-43)28-16-7-4-8-17-28/h3-26H,1-2H3. The van der Waals surface area contributed by atoms with Crippen LogP contribution in [0, 0.1) is 0 Å². The van der Waals surface area contributed by atoms with Crippen molar-refractivity contribution in [3.63, 3.8) is 0 Å². The van der Waals surface area contributed by atoms with Crippen LogP contribution < -0.4 is 0 Å². The van der Waals surface area contributed by atoms with Crippen molar-refractivity contribution >= 4 is 33.0 Å². The Morgan fingerprint density at radius 1 is 0.510 bits per heavy atom. The Balaban J connectivity index is 1.26. The van der Waals surface area contributed by atoms with Crippen LogP contribution in [0.2, 0.25) is 0 Å². The number of aromatic nitrogens is 4. The number of nitrogens with zero attached hydrogens (tertiary/aromatic N) is 4. The molecule has 232 valence electrons. The van der Waals surface area contributed by atoms with Crippen LogP contribution >= 0.6 is 0 Å². The highest BCUT2D eigenvalue weighted by molar-refractivity contribution is 6.18. The molecule has 6 aromatic carbocycles. The van der Waals surface area contributed by atoms with Gasteiger partial charge in [-0.05, 0) is 52.6 Å². The van der Waals surface area contributed by atoms with Crippen molar-refractivity contribution in [1.29, 1.82) is 0 Å². The molecule has 5 heteroatoms. The highest BCUT2D eigenvalue weighted by Crippen LogP contribution is 2.53. The fraction of sp³-hybridized carbons (Fsp3) is 0.0682. The molecule has 0 amide bonds. The van der Waals surface area contributed by atoms with Crippen LogP contribution in [-0.2, 0) is 5.41 Å². The molecule has 0 aliphatic heterocycles. The predicted molar refractivity (Wildman–Crippen MR) is 198 cm³/mol. The first-order valence-electron chi connectivity index (χ1n) is 16.6. The van der Waals surface area contributed by atoms with Gasteiger partial charge in [0.1, 0.15) is 11.1 Å². The average molecular weight is 631 g/mol. The molecule has 1 aliphatic carbocycles. The molecule has 0 radical (unpaired) electrons. The first-order valence-corrected chi connectivity index (χ1v) is 16.6. The van der Waals surface area contributed by atoms with Crippen molar-refractivity contribution in [3.8, 4) is 51.0 Å². The Kier molecular flexibility index (Phi) is 5.85. The maximum absolute atomic E-state index is 6.66. The van der Waals surface area contributed by atoms with E-state index < -0.39 is 0 Å². The molecule has 1 aliphatic rings. The number of hydrogen-bond acceptors (Lipinski definition) is 4. The molecule has 0 N–H and O–H groups in total. The summed E-state index contributed by atoms with van der Waals surface area (Å²) in [5.74, 6) is 1.90. The van der Waals surface area contributed by atoms with E-state index in [9.17, 15) is 0 Å². The molecule has 0 unspecified atom stereocenters. The van der Waals surface area contributed by atoms with Gasteiger partial charge in [0.25, 0.3) is 0 Å². The minimum atomic E-state index is -0.213. The fourth-order valence-electron chi connectivity index (χ4n) is 7.79. The number of rotatable bonds is 4. The zero-order valence-electron chi connectivity index (χ0n) is 27.1. The summed E-state index contributed by atoms with van der Waals surface area (Å²) in [6.45, 7) is 4.68. The predicted octanol–water partition coefficient (Wildman–Crippen LogP) is 11.0.